The van der Waals surface area contributed by atoms with Gasteiger partial charge < -0.3 is 10.6 Å². The molecule has 0 spiro atoms. The lowest BCUT2D eigenvalue weighted by atomic mass is 10.1. The van der Waals surface area contributed by atoms with E-state index in [-0.39, 0.29) is 11.6 Å². The van der Waals surface area contributed by atoms with Crippen molar-refractivity contribution in [3.63, 3.8) is 0 Å². The average Bonchev–Trinajstić information content (AvgIpc) is 3.60. The molecule has 1 aliphatic rings. The van der Waals surface area contributed by atoms with Crippen molar-refractivity contribution >= 4 is 45.3 Å². The monoisotopic (exact) mass is 452 g/mol. The van der Waals surface area contributed by atoms with Gasteiger partial charge in [0.1, 0.15) is 22.6 Å². The predicted octanol–water partition coefficient (Wildman–Crippen LogP) is 5.52. The summed E-state index contributed by atoms with van der Waals surface area (Å²) in [7, 11) is 0.578. The van der Waals surface area contributed by atoms with Crippen molar-refractivity contribution in [3.05, 3.63) is 71.7 Å². The fourth-order valence-electron chi connectivity index (χ4n) is 3.46. The first kappa shape index (κ1) is 22.0. The van der Waals surface area contributed by atoms with Gasteiger partial charge in [-0.1, -0.05) is 6.07 Å². The lowest BCUT2D eigenvalue weighted by molar-refractivity contribution is 0.101. The average molecular weight is 453 g/mol. The number of pyridine rings is 1. The zero-order valence-corrected chi connectivity index (χ0v) is 19.0. The molecule has 1 fully saturated rings. The van der Waals surface area contributed by atoms with Crippen LogP contribution in [-0.2, 0) is 11.0 Å². The van der Waals surface area contributed by atoms with Gasteiger partial charge in [-0.3, -0.25) is 9.10 Å². The first-order valence-corrected chi connectivity index (χ1v) is 11.8. The lowest BCUT2D eigenvalue weighted by Gasteiger charge is -2.22. The van der Waals surface area contributed by atoms with Crippen molar-refractivity contribution in [2.45, 2.75) is 25.7 Å². The number of carbonyl (C=O) groups excluding carboxylic acids is 1. The molecule has 32 heavy (non-hydrogen) atoms. The quantitative estimate of drug-likeness (QED) is 0.441. The number of carbonyl (C=O) groups is 1. The zero-order valence-electron chi connectivity index (χ0n) is 18.2. The van der Waals surface area contributed by atoms with E-state index in [2.05, 4.69) is 27.8 Å². The molecule has 1 aromatic heterocycles. The Morgan fingerprint density at radius 3 is 2.44 bits per heavy atom. The maximum absolute atomic E-state index is 13.2. The van der Waals surface area contributed by atoms with E-state index in [0.29, 0.717) is 28.7 Å². The van der Waals surface area contributed by atoms with Gasteiger partial charge in [-0.15, -0.1) is 0 Å². The number of halogens is 1. The Balaban J connectivity index is 1.70. The van der Waals surface area contributed by atoms with E-state index in [4.69, 9.17) is 0 Å². The van der Waals surface area contributed by atoms with Crippen LogP contribution in [-0.4, -0.2) is 28.3 Å². The molecule has 8 heteroatoms. The van der Waals surface area contributed by atoms with Crippen molar-refractivity contribution < 1.29 is 13.4 Å². The predicted molar refractivity (Wildman–Crippen MR) is 128 cm³/mol. The molecule has 0 saturated heterocycles. The zero-order chi connectivity index (χ0) is 22.8. The number of nitrogens with one attached hydrogen (secondary N) is 2. The molecule has 1 unspecified atom stereocenters. The molecule has 3 aromatic rings. The molecule has 166 valence electrons. The van der Waals surface area contributed by atoms with Crippen molar-refractivity contribution in [3.8, 4) is 0 Å². The number of aromatic nitrogens is 1. The molecule has 0 aliphatic heterocycles. The van der Waals surface area contributed by atoms with Gasteiger partial charge in [0, 0.05) is 31.3 Å². The maximum Gasteiger partial charge on any atom is 0.163 e. The van der Waals surface area contributed by atoms with Crippen LogP contribution in [0.5, 0.6) is 0 Å². The number of nitrogens with zero attached hydrogens (tertiary/aromatic N) is 2. The van der Waals surface area contributed by atoms with Crippen molar-refractivity contribution in [2.24, 2.45) is 0 Å². The number of anilines is 5. The van der Waals surface area contributed by atoms with Crippen LogP contribution in [0.15, 0.2) is 54.7 Å². The minimum Gasteiger partial charge on any atom is -0.353 e. The Morgan fingerprint density at radius 1 is 1.09 bits per heavy atom. The number of rotatable bonds is 8. The van der Waals surface area contributed by atoms with Gasteiger partial charge >= 0.3 is 0 Å². The molecule has 1 saturated carbocycles. The smallest absolute Gasteiger partial charge is 0.163 e. The van der Waals surface area contributed by atoms with Crippen LogP contribution in [0.2, 0.25) is 0 Å². The molecular weight excluding hydrogens is 427 g/mol. The lowest BCUT2D eigenvalue weighted by Crippen LogP contribution is -2.20. The second-order valence-corrected chi connectivity index (χ2v) is 9.30. The Kier molecular flexibility index (Phi) is 6.23. The van der Waals surface area contributed by atoms with E-state index in [9.17, 15) is 13.4 Å². The van der Waals surface area contributed by atoms with Crippen molar-refractivity contribution in [1.29, 1.82) is 0 Å². The van der Waals surface area contributed by atoms with Gasteiger partial charge in [0.25, 0.3) is 0 Å². The summed E-state index contributed by atoms with van der Waals surface area (Å²) in [5.41, 5.74) is 4.46. The Labute approximate surface area is 189 Å². The van der Waals surface area contributed by atoms with Crippen LogP contribution in [0.4, 0.5) is 33.0 Å². The largest absolute Gasteiger partial charge is 0.353 e. The Bertz CT molecular complexity index is 1180. The highest BCUT2D eigenvalue weighted by Gasteiger charge is 2.25. The SMILES string of the molecule is CC(=O)c1cnc(Nc2ccc(F)cc2)cc1Nc1ccc(C2CC2)cc1N(C)S(C)=O. The summed E-state index contributed by atoms with van der Waals surface area (Å²) in [5.74, 6) is 0.615. The van der Waals surface area contributed by atoms with E-state index in [0.717, 1.165) is 11.4 Å². The third-order valence-corrected chi connectivity index (χ3v) is 6.43. The highest BCUT2D eigenvalue weighted by Crippen LogP contribution is 2.43. The van der Waals surface area contributed by atoms with E-state index >= 15 is 0 Å². The van der Waals surface area contributed by atoms with Crippen LogP contribution < -0.4 is 14.9 Å². The summed E-state index contributed by atoms with van der Waals surface area (Å²) in [6.45, 7) is 1.49. The standard InChI is InChI=1S/C24H25FN4O2S/c1-15(30)20-14-26-24(27-19-9-7-18(25)8-10-19)13-22(20)28-21-11-6-17(16-4-5-16)12-23(21)29(2)32(3)31/h6-14,16H,4-5H2,1-3H3,(H2,26,27,28). The maximum atomic E-state index is 13.2. The molecular formula is C24H25FN4O2S. The van der Waals surface area contributed by atoms with Gasteiger partial charge in [0.15, 0.2) is 5.78 Å². The number of Topliss-reactive ketones (excluding diaryl/α,β-unsaturated/α-hetero) is 1. The Hall–Kier alpha value is -3.26. The van der Waals surface area contributed by atoms with Crippen LogP contribution in [0, 0.1) is 5.82 Å². The second-order valence-electron chi connectivity index (χ2n) is 7.90. The topological polar surface area (TPSA) is 74.3 Å². The van der Waals surface area contributed by atoms with Crippen LogP contribution >= 0.6 is 0 Å². The minimum atomic E-state index is -1.21. The van der Waals surface area contributed by atoms with E-state index in [1.165, 1.54) is 43.7 Å². The minimum absolute atomic E-state index is 0.128. The summed E-state index contributed by atoms with van der Waals surface area (Å²) >= 11 is 0. The molecule has 1 atom stereocenters. The number of hydrogen-bond donors (Lipinski definition) is 2. The van der Waals surface area contributed by atoms with Gasteiger partial charge in [-0.2, -0.15) is 0 Å². The van der Waals surface area contributed by atoms with E-state index in [1.807, 2.05) is 6.07 Å². The first-order chi connectivity index (χ1) is 15.3. The fourth-order valence-corrected chi connectivity index (χ4v) is 3.89. The summed E-state index contributed by atoms with van der Waals surface area (Å²) < 4.78 is 27.1. The summed E-state index contributed by atoms with van der Waals surface area (Å²) in [5, 5.41) is 6.47. The molecule has 4 rings (SSSR count). The number of hydrogen-bond acceptors (Lipinski definition) is 5. The highest BCUT2D eigenvalue weighted by molar-refractivity contribution is 7.85. The molecule has 2 aromatic carbocycles. The first-order valence-electron chi connectivity index (χ1n) is 10.3. The molecule has 0 amide bonds. The highest BCUT2D eigenvalue weighted by atomic mass is 32.2. The summed E-state index contributed by atoms with van der Waals surface area (Å²) in [6, 6.07) is 13.8. The van der Waals surface area contributed by atoms with E-state index < -0.39 is 11.0 Å². The molecule has 1 aliphatic carbocycles. The van der Waals surface area contributed by atoms with Gasteiger partial charge in [0.05, 0.1) is 22.6 Å². The van der Waals surface area contributed by atoms with Crippen molar-refractivity contribution in [2.75, 3.05) is 28.2 Å². The molecule has 1 heterocycles. The van der Waals surface area contributed by atoms with Gasteiger partial charge in [0.2, 0.25) is 0 Å². The third-order valence-electron chi connectivity index (χ3n) is 5.46. The number of ketones is 1. The normalized spacial score (nSPS) is 14.0. The molecule has 0 radical (unpaired) electrons. The third kappa shape index (κ3) is 4.96. The van der Waals surface area contributed by atoms with E-state index in [1.54, 1.807) is 35.8 Å². The van der Waals surface area contributed by atoms with Crippen LogP contribution in [0.1, 0.15) is 41.6 Å². The van der Waals surface area contributed by atoms with Gasteiger partial charge in [-0.05, 0) is 67.6 Å². The molecule has 6 nitrogen and oxygen atoms in total. The van der Waals surface area contributed by atoms with Gasteiger partial charge in [-0.25, -0.2) is 13.6 Å². The fraction of sp³-hybridized carbons (Fsp3) is 0.250. The molecule has 0 bridgehead atoms. The van der Waals surface area contributed by atoms with Crippen LogP contribution in [0.3, 0.4) is 0 Å². The second kappa shape index (κ2) is 9.08. The van der Waals surface area contributed by atoms with Crippen LogP contribution in [0.25, 0.3) is 0 Å². The Morgan fingerprint density at radius 2 is 1.81 bits per heavy atom. The number of benzene rings is 2. The summed E-state index contributed by atoms with van der Waals surface area (Å²) in [6.07, 6.45) is 5.48. The summed E-state index contributed by atoms with van der Waals surface area (Å²) in [4.78, 5) is 16.6. The molecule has 2 N–H and O–H groups in total. The van der Waals surface area contributed by atoms with Crippen molar-refractivity contribution in [1.82, 2.24) is 4.98 Å².